The van der Waals surface area contributed by atoms with Gasteiger partial charge >= 0.3 is 0 Å². The van der Waals surface area contributed by atoms with Crippen LogP contribution >= 0.6 is 0 Å². The molecular weight excluding hydrogens is 540 g/mol. The number of primary amides is 1. The van der Waals surface area contributed by atoms with Gasteiger partial charge in [-0.3, -0.25) is 19.4 Å². The molecule has 2 fully saturated rings. The molecule has 2 saturated carbocycles. The molecule has 8 heteroatoms. The van der Waals surface area contributed by atoms with Crippen molar-refractivity contribution >= 4 is 17.6 Å². The summed E-state index contributed by atoms with van der Waals surface area (Å²) in [6, 6.07) is 9.90. The number of nitrogens with one attached hydrogen (secondary N) is 1. The molecule has 1 unspecified atom stereocenters. The maximum atomic E-state index is 14.3. The number of aromatic nitrogens is 2. The third-order valence-electron chi connectivity index (χ3n) is 9.03. The van der Waals surface area contributed by atoms with Gasteiger partial charge in [-0.05, 0) is 61.3 Å². The fourth-order valence-electron chi connectivity index (χ4n) is 6.60. The number of hydrogen-bond donors (Lipinski definition) is 2. The van der Waals surface area contributed by atoms with E-state index < -0.39 is 11.9 Å². The molecule has 5 rings (SSSR count). The second-order valence-electron chi connectivity index (χ2n) is 12.2. The monoisotopic (exact) mass is 583 g/mol. The van der Waals surface area contributed by atoms with E-state index in [-0.39, 0.29) is 17.5 Å². The fourth-order valence-corrected chi connectivity index (χ4v) is 6.60. The molecule has 3 N–H and O–H groups in total. The third-order valence-corrected chi connectivity index (χ3v) is 9.03. The molecule has 2 aliphatic rings. The second-order valence-corrected chi connectivity index (χ2v) is 12.2. The van der Waals surface area contributed by atoms with Crippen LogP contribution in [0.25, 0.3) is 11.5 Å². The number of benzene rings is 1. The Bertz CT molecular complexity index is 1370. The minimum Gasteiger partial charge on any atom is -0.433 e. The molecule has 2 heterocycles. The van der Waals surface area contributed by atoms with Crippen molar-refractivity contribution in [3.05, 3.63) is 77.8 Å². The van der Waals surface area contributed by atoms with Gasteiger partial charge < -0.3 is 15.5 Å². The Labute approximate surface area is 254 Å². The van der Waals surface area contributed by atoms with Crippen molar-refractivity contribution in [2.75, 3.05) is 0 Å². The van der Waals surface area contributed by atoms with Crippen molar-refractivity contribution in [1.82, 2.24) is 15.3 Å². The molecule has 0 bridgehead atoms. The van der Waals surface area contributed by atoms with Crippen LogP contribution in [-0.4, -0.2) is 33.6 Å². The normalized spacial score (nSPS) is 16.9. The molecule has 1 aromatic carbocycles. The summed E-state index contributed by atoms with van der Waals surface area (Å²) >= 11 is 0. The van der Waals surface area contributed by atoms with Gasteiger partial charge in [0.2, 0.25) is 23.5 Å². The van der Waals surface area contributed by atoms with Crippen LogP contribution in [0.15, 0.2) is 53.2 Å². The minimum atomic E-state index is -0.848. The number of carbonyl (C=O) groups excluding carboxylic acids is 3. The third kappa shape index (κ3) is 8.39. The Morgan fingerprint density at radius 2 is 1.60 bits per heavy atom. The van der Waals surface area contributed by atoms with Gasteiger partial charge in [0.15, 0.2) is 5.76 Å². The van der Waals surface area contributed by atoms with E-state index in [2.05, 4.69) is 10.3 Å². The highest BCUT2D eigenvalue weighted by molar-refractivity contribution is 6.02. The van der Waals surface area contributed by atoms with Gasteiger partial charge in [0.1, 0.15) is 0 Å². The highest BCUT2D eigenvalue weighted by Crippen LogP contribution is 2.31. The first-order valence-corrected chi connectivity index (χ1v) is 15.9. The van der Waals surface area contributed by atoms with E-state index in [4.69, 9.17) is 15.1 Å². The molecule has 0 aliphatic heterocycles. The van der Waals surface area contributed by atoms with Crippen LogP contribution in [-0.2, 0) is 17.6 Å². The number of nitrogens with two attached hydrogens (primary N) is 1. The minimum absolute atomic E-state index is 0.207. The first-order valence-electron chi connectivity index (χ1n) is 15.9. The van der Waals surface area contributed by atoms with E-state index in [1.54, 1.807) is 30.9 Å². The lowest BCUT2D eigenvalue weighted by Gasteiger charge is -2.22. The molecule has 0 saturated heterocycles. The number of hydrogen-bond acceptors (Lipinski definition) is 6. The topological polar surface area (TPSA) is 128 Å². The van der Waals surface area contributed by atoms with E-state index in [1.807, 2.05) is 24.3 Å². The second kappa shape index (κ2) is 15.1. The van der Waals surface area contributed by atoms with Gasteiger partial charge in [-0.2, -0.15) is 0 Å². The SMILES string of the molecule is NC(=O)c1ccccc1CCC(NC(=O)[CH]CC1CCCCC1)C(=O)c1oc(-c2ccncc2)nc1CC1CCCCC1. The number of ketones is 1. The largest absolute Gasteiger partial charge is 0.433 e. The van der Waals surface area contributed by atoms with Crippen LogP contribution < -0.4 is 11.1 Å². The van der Waals surface area contributed by atoms with Crippen LogP contribution in [0.1, 0.15) is 109 Å². The van der Waals surface area contributed by atoms with Crippen LogP contribution in [0.5, 0.6) is 0 Å². The van der Waals surface area contributed by atoms with Crippen molar-refractivity contribution in [1.29, 1.82) is 0 Å². The molecule has 1 atom stereocenters. The molecule has 0 spiro atoms. The summed E-state index contributed by atoms with van der Waals surface area (Å²) in [5.41, 5.74) is 8.17. The summed E-state index contributed by atoms with van der Waals surface area (Å²) in [7, 11) is 0. The summed E-state index contributed by atoms with van der Waals surface area (Å²) in [6.07, 6.45) is 18.8. The van der Waals surface area contributed by atoms with Crippen molar-refractivity contribution in [2.45, 2.75) is 95.9 Å². The van der Waals surface area contributed by atoms with Gasteiger partial charge in [-0.15, -0.1) is 0 Å². The highest BCUT2D eigenvalue weighted by Gasteiger charge is 2.31. The number of rotatable bonds is 13. The predicted octanol–water partition coefficient (Wildman–Crippen LogP) is 6.43. The zero-order chi connectivity index (χ0) is 30.0. The Balaban J connectivity index is 1.40. The average molecular weight is 584 g/mol. The molecule has 227 valence electrons. The summed E-state index contributed by atoms with van der Waals surface area (Å²) in [6.45, 7) is 0. The van der Waals surface area contributed by atoms with E-state index >= 15 is 0 Å². The first kappa shape index (κ1) is 30.6. The maximum absolute atomic E-state index is 14.3. The molecule has 2 aromatic heterocycles. The Kier molecular flexibility index (Phi) is 10.7. The standard InChI is InChI=1S/C35H43N4O4/c36-34(42)28-14-8-7-13-26(28)16-17-29(38-31(40)18-15-24-9-3-1-4-10-24)32(41)33-30(23-25-11-5-2-6-12-25)39-35(43-33)27-19-21-37-22-20-27/h7-8,13-14,18-22,24-25,29H,1-6,9-12,15-17,23H2,(H2,36,42)(H,38,40). The van der Waals surface area contributed by atoms with Crippen LogP contribution in [0.4, 0.5) is 0 Å². The van der Waals surface area contributed by atoms with Crippen molar-refractivity contribution in [3.63, 3.8) is 0 Å². The number of pyridine rings is 1. The lowest BCUT2D eigenvalue weighted by molar-refractivity contribution is -0.118. The smallest absolute Gasteiger partial charge is 0.248 e. The zero-order valence-corrected chi connectivity index (χ0v) is 24.9. The summed E-state index contributed by atoms with van der Waals surface area (Å²) in [4.78, 5) is 48.4. The maximum Gasteiger partial charge on any atom is 0.248 e. The van der Waals surface area contributed by atoms with Gasteiger partial charge in [0.05, 0.1) is 11.7 Å². The average Bonchev–Trinajstić information content (AvgIpc) is 3.46. The lowest BCUT2D eigenvalue weighted by Crippen LogP contribution is -2.42. The van der Waals surface area contributed by atoms with Gasteiger partial charge in [-0.1, -0.05) is 82.4 Å². The van der Waals surface area contributed by atoms with Crippen molar-refractivity contribution in [2.24, 2.45) is 17.6 Å². The number of amides is 2. The number of nitrogens with zero attached hydrogens (tertiary/aromatic N) is 2. The summed E-state index contributed by atoms with van der Waals surface area (Å²) < 4.78 is 6.21. The van der Waals surface area contributed by atoms with Gasteiger partial charge in [-0.25, -0.2) is 4.98 Å². The molecule has 3 aromatic rings. The lowest BCUT2D eigenvalue weighted by atomic mass is 9.85. The Hall–Kier alpha value is -3.81. The summed E-state index contributed by atoms with van der Waals surface area (Å²) in [5.74, 6) is 0.466. The predicted molar refractivity (Wildman–Crippen MR) is 165 cm³/mol. The molecule has 43 heavy (non-hydrogen) atoms. The molecule has 2 aliphatic carbocycles. The van der Waals surface area contributed by atoms with E-state index in [9.17, 15) is 14.4 Å². The Morgan fingerprint density at radius 3 is 2.30 bits per heavy atom. The number of Topliss-reactive ketones (excluding diaryl/α,β-unsaturated/α-hetero) is 1. The van der Waals surface area contributed by atoms with Gasteiger partial charge in [0, 0.05) is 29.9 Å². The molecular formula is C35H43N4O4. The molecule has 2 amide bonds. The highest BCUT2D eigenvalue weighted by atomic mass is 16.4. The molecule has 8 nitrogen and oxygen atoms in total. The van der Waals surface area contributed by atoms with E-state index in [0.29, 0.717) is 54.7 Å². The van der Waals surface area contributed by atoms with Crippen molar-refractivity contribution in [3.8, 4) is 11.5 Å². The first-order chi connectivity index (χ1) is 21.0. The van der Waals surface area contributed by atoms with Crippen LogP contribution in [0.2, 0.25) is 0 Å². The Morgan fingerprint density at radius 1 is 0.930 bits per heavy atom. The van der Waals surface area contributed by atoms with E-state index in [0.717, 1.165) is 36.8 Å². The summed E-state index contributed by atoms with van der Waals surface area (Å²) in [5, 5.41) is 3.00. The zero-order valence-electron chi connectivity index (χ0n) is 24.9. The van der Waals surface area contributed by atoms with Crippen LogP contribution in [0.3, 0.4) is 0 Å². The molecule has 1 radical (unpaired) electrons. The van der Waals surface area contributed by atoms with Crippen molar-refractivity contribution < 1.29 is 18.8 Å². The van der Waals surface area contributed by atoms with Crippen LogP contribution in [0, 0.1) is 18.3 Å². The quantitative estimate of drug-likeness (QED) is 0.223. The van der Waals surface area contributed by atoms with Gasteiger partial charge in [0.25, 0.3) is 0 Å². The number of carbonyl (C=O) groups is 3. The number of aryl methyl sites for hydroxylation is 1. The fraction of sp³-hybridized carbons (Fsp3) is 0.486. The number of oxazole rings is 1. The van der Waals surface area contributed by atoms with E-state index in [1.165, 1.54) is 38.5 Å².